The number of rotatable bonds is 10. The van der Waals surface area contributed by atoms with Gasteiger partial charge in [-0.2, -0.15) is 13.2 Å². The molecule has 0 aliphatic heterocycles. The van der Waals surface area contributed by atoms with Crippen LogP contribution < -0.4 is 0 Å². The van der Waals surface area contributed by atoms with Gasteiger partial charge in [-0.1, -0.05) is 43.7 Å². The molecule has 0 heterocycles. The minimum absolute atomic E-state index is 0.109. The van der Waals surface area contributed by atoms with Gasteiger partial charge >= 0.3 is 12.1 Å². The van der Waals surface area contributed by atoms with Crippen LogP contribution in [-0.2, 0) is 9.53 Å². The van der Waals surface area contributed by atoms with Crippen molar-refractivity contribution in [3.8, 4) is 0 Å². The number of esters is 1. The lowest BCUT2D eigenvalue weighted by Gasteiger charge is -2.29. The quantitative estimate of drug-likeness (QED) is 0.272. The van der Waals surface area contributed by atoms with E-state index in [1.165, 1.54) is 5.56 Å². The minimum atomic E-state index is -4.04. The van der Waals surface area contributed by atoms with Gasteiger partial charge in [0.25, 0.3) is 0 Å². The maximum absolute atomic E-state index is 12.2. The molecule has 168 valence electrons. The molecular formula is C24H33F3O3. The van der Waals surface area contributed by atoms with Gasteiger partial charge in [-0.15, -0.1) is 0 Å². The Morgan fingerprint density at radius 1 is 1.17 bits per heavy atom. The molecule has 0 saturated heterocycles. The third-order valence-corrected chi connectivity index (χ3v) is 6.03. The number of aliphatic hydroxyl groups is 1. The van der Waals surface area contributed by atoms with Gasteiger partial charge in [0.1, 0.15) is 6.61 Å². The van der Waals surface area contributed by atoms with E-state index in [0.29, 0.717) is 23.8 Å². The van der Waals surface area contributed by atoms with E-state index in [-0.39, 0.29) is 25.6 Å². The number of ether oxygens (including phenoxy) is 1. The summed E-state index contributed by atoms with van der Waals surface area (Å²) >= 11 is 0. The largest absolute Gasteiger partial charge is 0.462 e. The second-order valence-electron chi connectivity index (χ2n) is 8.50. The van der Waals surface area contributed by atoms with Crippen LogP contribution in [0.3, 0.4) is 0 Å². The molecule has 1 N–H and O–H groups in total. The molecule has 6 heteroatoms. The van der Waals surface area contributed by atoms with Crippen molar-refractivity contribution in [3.63, 3.8) is 0 Å². The molecule has 0 spiro atoms. The van der Waals surface area contributed by atoms with E-state index in [9.17, 15) is 23.1 Å². The van der Waals surface area contributed by atoms with Crippen molar-refractivity contribution in [3.05, 3.63) is 47.5 Å². The molecule has 1 unspecified atom stereocenters. The van der Waals surface area contributed by atoms with Gasteiger partial charge in [0.15, 0.2) is 0 Å². The van der Waals surface area contributed by atoms with E-state index in [4.69, 9.17) is 4.74 Å². The number of alkyl halides is 3. The SMILES string of the molecule is C=C(C)C(=O)OCC(CO)c1ccc(C2CCC(CCCCC(F)(F)F)CC2)cc1. The molecule has 1 saturated carbocycles. The molecule has 1 atom stereocenters. The first-order valence-corrected chi connectivity index (χ1v) is 10.8. The summed E-state index contributed by atoms with van der Waals surface area (Å²) in [5.41, 5.74) is 2.51. The summed E-state index contributed by atoms with van der Waals surface area (Å²) in [5, 5.41) is 9.64. The zero-order chi connectivity index (χ0) is 22.1. The van der Waals surface area contributed by atoms with Crippen LogP contribution in [-0.4, -0.2) is 30.5 Å². The van der Waals surface area contributed by atoms with Crippen LogP contribution in [0, 0.1) is 5.92 Å². The molecule has 2 rings (SSSR count). The zero-order valence-electron chi connectivity index (χ0n) is 17.7. The Balaban J connectivity index is 1.78. The van der Waals surface area contributed by atoms with Crippen LogP contribution in [0.2, 0.25) is 0 Å². The predicted molar refractivity (Wildman–Crippen MR) is 111 cm³/mol. The number of hydrogen-bond acceptors (Lipinski definition) is 3. The smallest absolute Gasteiger partial charge is 0.389 e. The van der Waals surface area contributed by atoms with Crippen molar-refractivity contribution < 1.29 is 27.8 Å². The number of hydrogen-bond donors (Lipinski definition) is 1. The van der Waals surface area contributed by atoms with E-state index < -0.39 is 18.6 Å². The summed E-state index contributed by atoms with van der Waals surface area (Å²) in [4.78, 5) is 11.6. The number of benzene rings is 1. The molecule has 0 bridgehead atoms. The van der Waals surface area contributed by atoms with Gasteiger partial charge < -0.3 is 9.84 Å². The lowest BCUT2D eigenvalue weighted by Crippen LogP contribution is -2.16. The van der Waals surface area contributed by atoms with Gasteiger partial charge in [-0.05, 0) is 62.0 Å². The second kappa shape index (κ2) is 11.5. The number of unbranched alkanes of at least 4 members (excludes halogenated alkanes) is 1. The van der Waals surface area contributed by atoms with E-state index in [1.54, 1.807) is 6.92 Å². The first kappa shape index (κ1) is 24.4. The van der Waals surface area contributed by atoms with Gasteiger partial charge in [0, 0.05) is 17.9 Å². The van der Waals surface area contributed by atoms with Crippen molar-refractivity contribution in [1.82, 2.24) is 0 Å². The van der Waals surface area contributed by atoms with Crippen molar-refractivity contribution in [2.75, 3.05) is 13.2 Å². The third kappa shape index (κ3) is 8.13. The van der Waals surface area contributed by atoms with E-state index in [2.05, 4.69) is 18.7 Å². The lowest BCUT2D eigenvalue weighted by atomic mass is 9.77. The summed E-state index contributed by atoms with van der Waals surface area (Å²) in [6, 6.07) is 8.11. The van der Waals surface area contributed by atoms with Crippen molar-refractivity contribution >= 4 is 5.97 Å². The molecular weight excluding hydrogens is 393 g/mol. The molecule has 1 aromatic rings. The average molecular weight is 427 g/mol. The van der Waals surface area contributed by atoms with Crippen LogP contribution >= 0.6 is 0 Å². The topological polar surface area (TPSA) is 46.5 Å². The summed E-state index contributed by atoms with van der Waals surface area (Å²) in [6.07, 6.45) is 1.32. The Morgan fingerprint density at radius 2 is 1.80 bits per heavy atom. The van der Waals surface area contributed by atoms with Crippen LogP contribution in [0.25, 0.3) is 0 Å². The monoisotopic (exact) mass is 426 g/mol. The summed E-state index contributed by atoms with van der Waals surface area (Å²) in [7, 11) is 0. The Labute approximate surface area is 177 Å². The first-order chi connectivity index (χ1) is 14.2. The van der Waals surface area contributed by atoms with E-state index >= 15 is 0 Å². The number of halogens is 3. The lowest BCUT2D eigenvalue weighted by molar-refractivity contribution is -0.139. The minimum Gasteiger partial charge on any atom is -0.462 e. The fourth-order valence-corrected chi connectivity index (χ4v) is 4.14. The van der Waals surface area contributed by atoms with Crippen LogP contribution in [0.4, 0.5) is 13.2 Å². The summed E-state index contributed by atoms with van der Waals surface area (Å²) in [5.74, 6) is 0.282. The highest BCUT2D eigenvalue weighted by atomic mass is 19.4. The normalized spacial score (nSPS) is 20.6. The number of carbonyl (C=O) groups excluding carboxylic acids is 1. The fraction of sp³-hybridized carbons (Fsp3) is 0.625. The molecule has 1 aromatic carbocycles. The number of aliphatic hydroxyl groups excluding tert-OH is 1. The van der Waals surface area contributed by atoms with Gasteiger partial charge in [0.05, 0.1) is 6.61 Å². The molecule has 3 nitrogen and oxygen atoms in total. The molecule has 30 heavy (non-hydrogen) atoms. The summed E-state index contributed by atoms with van der Waals surface area (Å²) < 4.78 is 41.9. The van der Waals surface area contributed by atoms with Crippen LogP contribution in [0.5, 0.6) is 0 Å². The van der Waals surface area contributed by atoms with Gasteiger partial charge in [-0.3, -0.25) is 0 Å². The Bertz CT molecular complexity index is 674. The molecule has 0 aromatic heterocycles. The average Bonchev–Trinajstić information content (AvgIpc) is 2.71. The maximum atomic E-state index is 12.2. The Morgan fingerprint density at radius 3 is 2.33 bits per heavy atom. The second-order valence-corrected chi connectivity index (χ2v) is 8.50. The summed E-state index contributed by atoms with van der Waals surface area (Å²) in [6.45, 7) is 5.14. The van der Waals surface area contributed by atoms with Crippen LogP contribution in [0.1, 0.15) is 81.3 Å². The van der Waals surface area contributed by atoms with Crippen molar-refractivity contribution in [2.24, 2.45) is 5.92 Å². The van der Waals surface area contributed by atoms with Crippen molar-refractivity contribution in [1.29, 1.82) is 0 Å². The van der Waals surface area contributed by atoms with E-state index in [0.717, 1.165) is 37.7 Å². The fourth-order valence-electron chi connectivity index (χ4n) is 4.14. The third-order valence-electron chi connectivity index (χ3n) is 6.03. The highest BCUT2D eigenvalue weighted by molar-refractivity contribution is 5.86. The Hall–Kier alpha value is -1.82. The van der Waals surface area contributed by atoms with E-state index in [1.807, 2.05) is 12.1 Å². The molecule has 1 aliphatic carbocycles. The van der Waals surface area contributed by atoms with Crippen LogP contribution in [0.15, 0.2) is 36.4 Å². The van der Waals surface area contributed by atoms with Gasteiger partial charge in [-0.25, -0.2) is 4.79 Å². The van der Waals surface area contributed by atoms with Gasteiger partial charge in [0.2, 0.25) is 0 Å². The predicted octanol–water partition coefficient (Wildman–Crippen LogP) is 6.28. The first-order valence-electron chi connectivity index (χ1n) is 10.8. The maximum Gasteiger partial charge on any atom is 0.389 e. The zero-order valence-corrected chi connectivity index (χ0v) is 17.7. The highest BCUT2D eigenvalue weighted by Gasteiger charge is 2.27. The van der Waals surface area contributed by atoms with Crippen molar-refractivity contribution in [2.45, 2.75) is 76.3 Å². The molecule has 0 amide bonds. The molecule has 1 aliphatic rings. The molecule has 0 radical (unpaired) electrons. The standard InChI is InChI=1S/C24H33F3O3/c1-17(2)23(29)30-16-22(15-28)21-12-10-20(11-13-21)19-8-6-18(7-9-19)5-3-4-14-24(25,26)27/h10-13,18-19,22,28H,1,3-9,14-16H2,2H3. The Kier molecular flexibility index (Phi) is 9.40. The number of carbonyl (C=O) groups is 1. The highest BCUT2D eigenvalue weighted by Crippen LogP contribution is 2.38. The molecule has 1 fully saturated rings.